The molecule has 1 aliphatic heterocycles. The number of amides is 2. The van der Waals surface area contributed by atoms with Gasteiger partial charge in [-0.2, -0.15) is 18.2 Å². The van der Waals surface area contributed by atoms with Crippen molar-refractivity contribution in [3.8, 4) is 0 Å². The minimum absolute atomic E-state index is 0.242. The van der Waals surface area contributed by atoms with Crippen LogP contribution in [0.2, 0.25) is 0 Å². The van der Waals surface area contributed by atoms with E-state index in [9.17, 15) is 13.2 Å². The lowest BCUT2D eigenvalue weighted by Crippen LogP contribution is -2.48. The number of rotatable bonds is 5. The minimum atomic E-state index is -4.04. The first-order valence-corrected chi connectivity index (χ1v) is 11.8. The Kier molecular flexibility index (Phi) is 5.78. The van der Waals surface area contributed by atoms with Gasteiger partial charge in [-0.3, -0.25) is 4.68 Å². The number of urea groups is 1. The van der Waals surface area contributed by atoms with E-state index in [0.717, 1.165) is 20.5 Å². The summed E-state index contributed by atoms with van der Waals surface area (Å²) in [5.41, 5.74) is 1.51. The summed E-state index contributed by atoms with van der Waals surface area (Å²) in [6, 6.07) is 6.49. The second-order valence-electron chi connectivity index (χ2n) is 7.23. The van der Waals surface area contributed by atoms with Gasteiger partial charge < -0.3 is 10.1 Å². The Morgan fingerprint density at radius 3 is 2.90 bits per heavy atom. The van der Waals surface area contributed by atoms with Gasteiger partial charge in [0.15, 0.2) is 0 Å². The van der Waals surface area contributed by atoms with Crippen molar-refractivity contribution in [1.82, 2.24) is 19.2 Å². The molecule has 2 unspecified atom stereocenters. The van der Waals surface area contributed by atoms with Crippen molar-refractivity contribution in [1.29, 1.82) is 0 Å². The van der Waals surface area contributed by atoms with E-state index in [1.807, 2.05) is 44.4 Å². The Morgan fingerprint density at radius 1 is 1.33 bits per heavy atom. The largest absolute Gasteiger partial charge is 0.373 e. The van der Waals surface area contributed by atoms with Gasteiger partial charge in [0, 0.05) is 46.4 Å². The molecule has 0 radical (unpaired) electrons. The zero-order valence-electron chi connectivity index (χ0n) is 16.6. The number of ether oxygens (including phenoxy) is 1. The fraction of sp³-hybridized carbons (Fsp3) is 0.368. The van der Waals surface area contributed by atoms with Crippen LogP contribution in [0.4, 0.5) is 10.5 Å². The maximum absolute atomic E-state index is 12.5. The van der Waals surface area contributed by atoms with Crippen LogP contribution in [0.15, 0.2) is 36.7 Å². The molecule has 1 aliphatic rings. The summed E-state index contributed by atoms with van der Waals surface area (Å²) in [6.07, 6.45) is 4.30. The van der Waals surface area contributed by atoms with Crippen LogP contribution < -0.4 is 14.8 Å². The highest BCUT2D eigenvalue weighted by Crippen LogP contribution is 2.34. The number of anilines is 1. The quantitative estimate of drug-likeness (QED) is 0.554. The Hall–Kier alpha value is -2.47. The third kappa shape index (κ3) is 4.64. The van der Waals surface area contributed by atoms with Gasteiger partial charge in [-0.1, -0.05) is 18.2 Å². The van der Waals surface area contributed by atoms with Gasteiger partial charge in [0.25, 0.3) is 0 Å². The monoisotopic (exact) mass is 449 g/mol. The van der Waals surface area contributed by atoms with Crippen molar-refractivity contribution in [3.63, 3.8) is 0 Å². The second-order valence-corrected chi connectivity index (χ2v) is 9.94. The average Bonchev–Trinajstić information content (AvgIpc) is 3.25. The minimum Gasteiger partial charge on any atom is -0.373 e. The van der Waals surface area contributed by atoms with E-state index in [1.54, 1.807) is 10.9 Å². The number of fused-ring (bicyclic) bond motifs is 1. The van der Waals surface area contributed by atoms with Gasteiger partial charge in [-0.05, 0) is 25.8 Å². The number of benzene rings is 1. The average molecular weight is 450 g/mol. The number of hydrogen-bond donors (Lipinski definition) is 3. The van der Waals surface area contributed by atoms with Gasteiger partial charge in [0.1, 0.15) is 0 Å². The number of hydrogen-bond acceptors (Lipinski definition) is 6. The summed E-state index contributed by atoms with van der Waals surface area (Å²) in [7, 11) is -2.22. The molecule has 0 saturated carbocycles. The van der Waals surface area contributed by atoms with Gasteiger partial charge in [-0.15, -0.1) is 11.3 Å². The lowest BCUT2D eigenvalue weighted by molar-refractivity contribution is 0.00398. The summed E-state index contributed by atoms with van der Waals surface area (Å²) in [5.74, 6) is 0. The van der Waals surface area contributed by atoms with Crippen LogP contribution in [-0.4, -0.2) is 36.9 Å². The van der Waals surface area contributed by atoms with Crippen LogP contribution in [0.3, 0.4) is 0 Å². The number of thiophene rings is 1. The van der Waals surface area contributed by atoms with Crippen LogP contribution in [0, 0.1) is 6.92 Å². The molecule has 3 heterocycles. The summed E-state index contributed by atoms with van der Waals surface area (Å²) in [5, 5.41) is 7.68. The molecule has 30 heavy (non-hydrogen) atoms. The highest BCUT2D eigenvalue weighted by atomic mass is 32.2. The number of nitrogens with one attached hydrogen (secondary N) is 3. The predicted molar refractivity (Wildman–Crippen MR) is 116 cm³/mol. The Labute approximate surface area is 178 Å². The van der Waals surface area contributed by atoms with Crippen molar-refractivity contribution < 1.29 is 17.9 Å². The van der Waals surface area contributed by atoms with Crippen LogP contribution in [0.25, 0.3) is 10.1 Å². The molecule has 4 rings (SSSR count). The third-order valence-corrected chi connectivity index (χ3v) is 7.12. The van der Waals surface area contributed by atoms with Crippen LogP contribution >= 0.6 is 11.3 Å². The normalized spacial score (nSPS) is 19.7. The van der Waals surface area contributed by atoms with Crippen LogP contribution in [-0.2, 0) is 22.0 Å². The molecule has 1 fully saturated rings. The Morgan fingerprint density at radius 2 is 2.13 bits per heavy atom. The molecule has 0 aliphatic carbocycles. The van der Waals surface area contributed by atoms with E-state index < -0.39 is 16.2 Å². The molecule has 2 amide bonds. The van der Waals surface area contributed by atoms with Crippen molar-refractivity contribution >= 4 is 43.4 Å². The zero-order valence-corrected chi connectivity index (χ0v) is 18.2. The molecule has 0 bridgehead atoms. The molecule has 3 aromatic rings. The molecule has 2 aromatic heterocycles. The molecule has 1 saturated heterocycles. The lowest BCUT2D eigenvalue weighted by atomic mass is 10.0. The van der Waals surface area contributed by atoms with Gasteiger partial charge in [-0.25, -0.2) is 9.52 Å². The summed E-state index contributed by atoms with van der Waals surface area (Å²) >= 11 is 1.54. The van der Waals surface area contributed by atoms with Crippen LogP contribution in [0.5, 0.6) is 0 Å². The van der Waals surface area contributed by atoms with E-state index >= 15 is 0 Å². The van der Waals surface area contributed by atoms with E-state index in [2.05, 4.69) is 19.9 Å². The zero-order chi connectivity index (χ0) is 21.3. The number of aryl methyl sites for hydroxylation is 2. The first kappa shape index (κ1) is 20.8. The number of aromatic nitrogens is 2. The van der Waals surface area contributed by atoms with Gasteiger partial charge >= 0.3 is 16.2 Å². The van der Waals surface area contributed by atoms with Gasteiger partial charge in [0.05, 0.1) is 18.0 Å². The van der Waals surface area contributed by atoms with Crippen LogP contribution in [0.1, 0.15) is 29.4 Å². The van der Waals surface area contributed by atoms with Crippen molar-refractivity contribution in [2.45, 2.75) is 31.9 Å². The predicted octanol–water partition coefficient (Wildman–Crippen LogP) is 2.82. The molecule has 0 spiro atoms. The Balaban J connectivity index is 1.39. The number of carbonyl (C=O) groups is 1. The van der Waals surface area contributed by atoms with E-state index in [0.29, 0.717) is 25.1 Å². The molecular weight excluding hydrogens is 426 g/mol. The molecular formula is C19H23N5O4S2. The number of nitrogens with zero attached hydrogens (tertiary/aromatic N) is 2. The standard InChI is InChI=1S/C19H23N5O4S2/c1-12-18(15-5-3-4-6-17(15)29-12)21-19(25)23-30(26,27)22-14-7-8-28-16(9-14)13-10-20-24(2)11-13/h3-6,10-11,14,16,22H,7-9H2,1-2H3,(H2,21,23,25). The molecule has 2 atom stereocenters. The second kappa shape index (κ2) is 8.34. The van der Waals surface area contributed by atoms with E-state index in [4.69, 9.17) is 4.74 Å². The molecule has 1 aromatic carbocycles. The fourth-order valence-electron chi connectivity index (χ4n) is 3.58. The highest BCUT2D eigenvalue weighted by molar-refractivity contribution is 7.88. The van der Waals surface area contributed by atoms with E-state index in [-0.39, 0.29) is 12.1 Å². The first-order valence-electron chi connectivity index (χ1n) is 9.50. The molecule has 3 N–H and O–H groups in total. The van der Waals surface area contributed by atoms with Gasteiger partial charge in [0.2, 0.25) is 0 Å². The van der Waals surface area contributed by atoms with Crippen molar-refractivity contribution in [3.05, 3.63) is 47.1 Å². The van der Waals surface area contributed by atoms with Crippen molar-refractivity contribution in [2.24, 2.45) is 7.05 Å². The van der Waals surface area contributed by atoms with Crippen molar-refractivity contribution in [2.75, 3.05) is 11.9 Å². The maximum Gasteiger partial charge on any atom is 0.333 e. The SMILES string of the molecule is Cc1sc2ccccc2c1NC(=O)NS(=O)(=O)NC1CCOC(c2cnn(C)c2)C1. The highest BCUT2D eigenvalue weighted by Gasteiger charge is 2.28. The molecule has 11 heteroatoms. The summed E-state index contributed by atoms with van der Waals surface area (Å²) in [4.78, 5) is 13.3. The smallest absolute Gasteiger partial charge is 0.333 e. The summed E-state index contributed by atoms with van der Waals surface area (Å²) < 4.78 is 38.0. The van der Waals surface area contributed by atoms with E-state index in [1.165, 1.54) is 11.3 Å². The fourth-order valence-corrected chi connectivity index (χ4v) is 5.60. The maximum atomic E-state index is 12.5. The molecule has 9 nitrogen and oxygen atoms in total. The lowest BCUT2D eigenvalue weighted by Gasteiger charge is -2.29. The summed E-state index contributed by atoms with van der Waals surface area (Å²) in [6.45, 7) is 2.30. The molecule has 160 valence electrons. The Bertz CT molecular complexity index is 1170. The third-order valence-electron chi connectivity index (χ3n) is 4.94. The topological polar surface area (TPSA) is 114 Å². The first-order chi connectivity index (χ1) is 14.3. The number of carbonyl (C=O) groups excluding carboxylic acids is 1.